The number of carboxylic acid groups (broad SMARTS) is 1. The summed E-state index contributed by atoms with van der Waals surface area (Å²) in [5.41, 5.74) is 4.72. The molecule has 2 N–H and O–H groups in total. The zero-order valence-electron chi connectivity index (χ0n) is 19.8. The van der Waals surface area contributed by atoms with Crippen molar-refractivity contribution in [3.8, 4) is 11.1 Å². The summed E-state index contributed by atoms with van der Waals surface area (Å²) in [4.78, 5) is 38.8. The van der Waals surface area contributed by atoms with Crippen molar-refractivity contribution in [3.05, 3.63) is 59.7 Å². The van der Waals surface area contributed by atoms with Crippen LogP contribution in [0.4, 0.5) is 4.79 Å². The zero-order chi connectivity index (χ0) is 24.4. The molecule has 2 fully saturated rings. The largest absolute Gasteiger partial charge is 0.481 e. The van der Waals surface area contributed by atoms with E-state index in [4.69, 9.17) is 4.74 Å². The normalized spacial score (nSPS) is 23.4. The molecule has 1 aliphatic heterocycles. The minimum absolute atomic E-state index is 0.00880. The van der Waals surface area contributed by atoms with E-state index in [0.29, 0.717) is 19.5 Å². The molecule has 7 heteroatoms. The van der Waals surface area contributed by atoms with Crippen LogP contribution in [0, 0.1) is 17.8 Å². The Morgan fingerprint density at radius 3 is 2.26 bits per heavy atom. The number of rotatable bonds is 6. The van der Waals surface area contributed by atoms with E-state index in [0.717, 1.165) is 25.7 Å². The van der Waals surface area contributed by atoms with Crippen LogP contribution in [0.5, 0.6) is 0 Å². The molecule has 1 saturated carbocycles. The van der Waals surface area contributed by atoms with Crippen molar-refractivity contribution < 1.29 is 24.2 Å². The van der Waals surface area contributed by atoms with Crippen molar-refractivity contribution in [2.45, 2.75) is 38.0 Å². The van der Waals surface area contributed by atoms with Crippen molar-refractivity contribution in [1.82, 2.24) is 10.2 Å². The van der Waals surface area contributed by atoms with E-state index in [2.05, 4.69) is 29.6 Å². The molecule has 2 aromatic rings. The molecule has 2 aromatic carbocycles. The van der Waals surface area contributed by atoms with E-state index in [1.807, 2.05) is 24.3 Å². The first kappa shape index (κ1) is 23.4. The third kappa shape index (κ3) is 4.77. The molecule has 7 nitrogen and oxygen atoms in total. The van der Waals surface area contributed by atoms with Crippen LogP contribution in [0.2, 0.25) is 0 Å². The first-order chi connectivity index (χ1) is 17.0. The number of aliphatic carboxylic acids is 1. The van der Waals surface area contributed by atoms with Gasteiger partial charge >= 0.3 is 12.1 Å². The number of hydrogen-bond donors (Lipinski definition) is 2. The number of carbonyl (C=O) groups is 3. The molecule has 1 saturated heterocycles. The van der Waals surface area contributed by atoms with Gasteiger partial charge in [0.05, 0.1) is 5.92 Å². The number of ether oxygens (including phenoxy) is 1. The standard InChI is InChI=1S/C28H32N2O5/c31-26(30-14-13-19(16-30)27(32)33)20-8-2-1-7-18(20)15-29-28(34)35-17-25-23-11-5-3-9-21(23)22-10-4-6-12-24(22)25/h3-6,9-12,18-20,25H,1-2,7-8,13-17H2,(H,29,34)(H,32,33)/t18-,19?,20-/m1/s1. The molecule has 0 radical (unpaired) electrons. The van der Waals surface area contributed by atoms with Crippen LogP contribution in [0.25, 0.3) is 11.1 Å². The van der Waals surface area contributed by atoms with E-state index in [-0.39, 0.29) is 36.8 Å². The highest BCUT2D eigenvalue weighted by Crippen LogP contribution is 2.44. The number of hydrogen-bond acceptors (Lipinski definition) is 4. The van der Waals surface area contributed by atoms with Crippen molar-refractivity contribution in [3.63, 3.8) is 0 Å². The summed E-state index contributed by atoms with van der Waals surface area (Å²) in [5, 5.41) is 12.2. The van der Waals surface area contributed by atoms with Gasteiger partial charge in [0, 0.05) is 31.5 Å². The predicted octanol–water partition coefficient (Wildman–Crippen LogP) is 4.26. The highest BCUT2D eigenvalue weighted by atomic mass is 16.5. The van der Waals surface area contributed by atoms with Crippen molar-refractivity contribution in [2.75, 3.05) is 26.2 Å². The number of fused-ring (bicyclic) bond motifs is 3. The highest BCUT2D eigenvalue weighted by molar-refractivity contribution is 5.81. The quantitative estimate of drug-likeness (QED) is 0.649. The monoisotopic (exact) mass is 476 g/mol. The maximum atomic E-state index is 13.1. The van der Waals surface area contributed by atoms with Crippen molar-refractivity contribution >= 4 is 18.0 Å². The summed E-state index contributed by atoms with van der Waals surface area (Å²) in [7, 11) is 0. The molecule has 1 unspecified atom stereocenters. The molecular formula is C28H32N2O5. The molecular weight excluding hydrogens is 444 g/mol. The second-order valence-corrected chi connectivity index (χ2v) is 9.97. The molecule has 184 valence electrons. The Balaban J connectivity index is 1.16. The lowest BCUT2D eigenvalue weighted by Gasteiger charge is -2.33. The summed E-state index contributed by atoms with van der Waals surface area (Å²) < 4.78 is 5.66. The maximum Gasteiger partial charge on any atom is 0.407 e. The van der Waals surface area contributed by atoms with Gasteiger partial charge in [0.1, 0.15) is 6.61 Å². The van der Waals surface area contributed by atoms with Crippen LogP contribution in [0.1, 0.15) is 49.1 Å². The third-order valence-corrected chi connectivity index (χ3v) is 7.93. The summed E-state index contributed by atoms with van der Waals surface area (Å²) in [6.07, 6.45) is 3.71. The molecule has 1 heterocycles. The van der Waals surface area contributed by atoms with Gasteiger partial charge in [0.25, 0.3) is 0 Å². The van der Waals surface area contributed by atoms with Gasteiger partial charge in [-0.15, -0.1) is 0 Å². The first-order valence-corrected chi connectivity index (χ1v) is 12.6. The molecule has 0 bridgehead atoms. The molecule has 3 aliphatic rings. The summed E-state index contributed by atoms with van der Waals surface area (Å²) >= 11 is 0. The van der Waals surface area contributed by atoms with E-state index < -0.39 is 18.0 Å². The van der Waals surface area contributed by atoms with Crippen LogP contribution in [0.3, 0.4) is 0 Å². The molecule has 2 amide bonds. The minimum Gasteiger partial charge on any atom is -0.481 e. The van der Waals surface area contributed by atoms with Crippen LogP contribution < -0.4 is 5.32 Å². The van der Waals surface area contributed by atoms with Gasteiger partial charge in [0.15, 0.2) is 0 Å². The van der Waals surface area contributed by atoms with E-state index in [9.17, 15) is 19.5 Å². The van der Waals surface area contributed by atoms with Crippen LogP contribution in [-0.2, 0) is 14.3 Å². The summed E-state index contributed by atoms with van der Waals surface area (Å²) in [5.74, 6) is -1.40. The lowest BCUT2D eigenvalue weighted by molar-refractivity contribution is -0.142. The smallest absolute Gasteiger partial charge is 0.407 e. The molecule has 35 heavy (non-hydrogen) atoms. The molecule has 0 aromatic heterocycles. The van der Waals surface area contributed by atoms with E-state index >= 15 is 0 Å². The fraction of sp³-hybridized carbons (Fsp3) is 0.464. The fourth-order valence-electron chi connectivity index (χ4n) is 6.04. The minimum atomic E-state index is -0.836. The fourth-order valence-corrected chi connectivity index (χ4v) is 6.04. The Kier molecular flexibility index (Phi) is 6.75. The molecule has 0 spiro atoms. The number of carboxylic acids is 1. The Morgan fingerprint density at radius 2 is 1.60 bits per heavy atom. The lowest BCUT2D eigenvalue weighted by Crippen LogP contribution is -2.43. The highest BCUT2D eigenvalue weighted by Gasteiger charge is 2.38. The van der Waals surface area contributed by atoms with Crippen molar-refractivity contribution in [1.29, 1.82) is 0 Å². The molecule has 2 aliphatic carbocycles. The van der Waals surface area contributed by atoms with Gasteiger partial charge in [-0.3, -0.25) is 9.59 Å². The first-order valence-electron chi connectivity index (χ1n) is 12.6. The topological polar surface area (TPSA) is 95.9 Å². The lowest BCUT2D eigenvalue weighted by atomic mass is 9.78. The molecule has 3 atom stereocenters. The number of nitrogens with zero attached hydrogens (tertiary/aromatic N) is 1. The second-order valence-electron chi connectivity index (χ2n) is 9.97. The van der Waals surface area contributed by atoms with Crippen molar-refractivity contribution in [2.24, 2.45) is 17.8 Å². The average Bonchev–Trinajstić information content (AvgIpc) is 3.50. The maximum absolute atomic E-state index is 13.1. The van der Waals surface area contributed by atoms with Gasteiger partial charge in [-0.2, -0.15) is 0 Å². The van der Waals surface area contributed by atoms with Crippen LogP contribution >= 0.6 is 0 Å². The van der Waals surface area contributed by atoms with Gasteiger partial charge in [-0.05, 0) is 47.4 Å². The number of amides is 2. The number of carbonyl (C=O) groups excluding carboxylic acids is 2. The van der Waals surface area contributed by atoms with E-state index in [1.54, 1.807) is 4.90 Å². The number of nitrogens with one attached hydrogen (secondary N) is 1. The number of benzene rings is 2. The van der Waals surface area contributed by atoms with Gasteiger partial charge in [-0.1, -0.05) is 61.4 Å². The Hall–Kier alpha value is -3.35. The van der Waals surface area contributed by atoms with Gasteiger partial charge in [-0.25, -0.2) is 4.79 Å². The summed E-state index contributed by atoms with van der Waals surface area (Å²) in [6, 6.07) is 16.5. The molecule has 5 rings (SSSR count). The van der Waals surface area contributed by atoms with Crippen LogP contribution in [0.15, 0.2) is 48.5 Å². The Morgan fingerprint density at radius 1 is 0.943 bits per heavy atom. The summed E-state index contributed by atoms with van der Waals surface area (Å²) in [6.45, 7) is 1.44. The van der Waals surface area contributed by atoms with E-state index in [1.165, 1.54) is 22.3 Å². The predicted molar refractivity (Wildman–Crippen MR) is 131 cm³/mol. The SMILES string of the molecule is O=C(NC[C@H]1CCCC[C@H]1C(=O)N1CCC(C(=O)O)C1)OCC1c2ccccc2-c2ccccc21. The Labute approximate surface area is 205 Å². The van der Waals surface area contributed by atoms with Gasteiger partial charge < -0.3 is 20.1 Å². The Bertz CT molecular complexity index is 1070. The average molecular weight is 477 g/mol. The van der Waals surface area contributed by atoms with Gasteiger partial charge in [0.2, 0.25) is 5.91 Å². The third-order valence-electron chi connectivity index (χ3n) is 7.93. The number of alkyl carbamates (subject to hydrolysis) is 1. The second kappa shape index (κ2) is 10.1. The van der Waals surface area contributed by atoms with Crippen LogP contribution in [-0.4, -0.2) is 54.2 Å². The zero-order valence-corrected chi connectivity index (χ0v) is 19.8. The number of likely N-dealkylation sites (tertiary alicyclic amines) is 1.